The molecular weight excluding hydrogens is 220 g/mol. The molecule has 0 unspecified atom stereocenters. The smallest absolute Gasteiger partial charge is 0.186 e. The predicted molar refractivity (Wildman–Crippen MR) is 67.5 cm³/mol. The van der Waals surface area contributed by atoms with Gasteiger partial charge in [0.1, 0.15) is 5.69 Å². The Kier molecular flexibility index (Phi) is 3.28. The van der Waals surface area contributed by atoms with Crippen molar-refractivity contribution in [2.75, 3.05) is 11.4 Å². The lowest BCUT2D eigenvalue weighted by Gasteiger charge is -2.23. The first kappa shape index (κ1) is 11.6. The van der Waals surface area contributed by atoms with Crippen LogP contribution in [0.15, 0.2) is 0 Å². The molecule has 0 radical (unpaired) electrons. The molecule has 2 rings (SSSR count). The molecule has 3 nitrogen and oxygen atoms in total. The molecule has 1 aromatic rings. The normalized spacial score (nSPS) is 15.4. The summed E-state index contributed by atoms with van der Waals surface area (Å²) in [5.74, 6) is 0.226. The molecule has 0 N–H and O–H groups in total. The van der Waals surface area contributed by atoms with E-state index in [1.165, 1.54) is 4.88 Å². The lowest BCUT2D eigenvalue weighted by Crippen LogP contribution is -2.30. The molecular formula is C12H18N2OS. The van der Waals surface area contributed by atoms with Crippen LogP contribution in [0.1, 0.15) is 49.0 Å². The molecule has 1 heterocycles. The fraction of sp³-hybridized carbons (Fsp3) is 0.667. The average molecular weight is 238 g/mol. The van der Waals surface area contributed by atoms with Crippen LogP contribution in [0.4, 0.5) is 5.13 Å². The molecule has 1 aromatic heterocycles. The number of rotatable bonds is 3. The zero-order valence-electron chi connectivity index (χ0n) is 10.1. The van der Waals surface area contributed by atoms with E-state index in [0.717, 1.165) is 30.2 Å². The first-order valence-corrected chi connectivity index (χ1v) is 6.74. The van der Waals surface area contributed by atoms with Crippen LogP contribution < -0.4 is 4.90 Å². The monoisotopic (exact) mass is 238 g/mol. The molecule has 0 fully saturated rings. The number of aryl methyl sites for hydroxylation is 1. The zero-order chi connectivity index (χ0) is 11.7. The quantitative estimate of drug-likeness (QED) is 0.812. The van der Waals surface area contributed by atoms with Crippen molar-refractivity contribution < 1.29 is 4.79 Å². The number of fused-ring (bicyclic) bond motifs is 1. The molecule has 1 aliphatic carbocycles. The van der Waals surface area contributed by atoms with Crippen molar-refractivity contribution in [1.29, 1.82) is 0 Å². The molecule has 0 bridgehead atoms. The largest absolute Gasteiger partial charge is 0.346 e. The highest BCUT2D eigenvalue weighted by Gasteiger charge is 2.24. The van der Waals surface area contributed by atoms with Crippen LogP contribution in [-0.2, 0) is 6.42 Å². The third kappa shape index (κ3) is 1.98. The van der Waals surface area contributed by atoms with Gasteiger partial charge in [0, 0.05) is 23.9 Å². The van der Waals surface area contributed by atoms with Crippen LogP contribution in [0.3, 0.4) is 0 Å². The lowest BCUT2D eigenvalue weighted by atomic mass is 10.0. The summed E-state index contributed by atoms with van der Waals surface area (Å²) in [6.07, 6.45) is 2.68. The van der Waals surface area contributed by atoms with Gasteiger partial charge >= 0.3 is 0 Å². The van der Waals surface area contributed by atoms with Crippen molar-refractivity contribution in [2.24, 2.45) is 0 Å². The van der Waals surface area contributed by atoms with E-state index in [-0.39, 0.29) is 5.78 Å². The summed E-state index contributed by atoms with van der Waals surface area (Å²) < 4.78 is 0. The van der Waals surface area contributed by atoms with Gasteiger partial charge in [0.2, 0.25) is 0 Å². The molecule has 0 saturated carbocycles. The van der Waals surface area contributed by atoms with Gasteiger partial charge in [-0.15, -0.1) is 11.3 Å². The van der Waals surface area contributed by atoms with Gasteiger partial charge < -0.3 is 4.90 Å². The Morgan fingerprint density at radius 2 is 2.19 bits per heavy atom. The van der Waals surface area contributed by atoms with E-state index in [4.69, 9.17) is 0 Å². The van der Waals surface area contributed by atoms with Crippen LogP contribution in [-0.4, -0.2) is 23.4 Å². The third-order valence-electron chi connectivity index (χ3n) is 2.97. The number of Topliss-reactive ketones (excluding diaryl/α,β-unsaturated/α-hetero) is 1. The van der Waals surface area contributed by atoms with Gasteiger partial charge in [0.25, 0.3) is 0 Å². The fourth-order valence-electron chi connectivity index (χ4n) is 2.10. The standard InChI is InChI=1S/C12H18N2OS/c1-4-14(8(2)3)12-13-11-9(15)6-5-7-10(11)16-12/h8H,4-7H2,1-3H3. The van der Waals surface area contributed by atoms with Crippen LogP contribution >= 0.6 is 11.3 Å². The van der Waals surface area contributed by atoms with Crippen LogP contribution in [0.25, 0.3) is 0 Å². The van der Waals surface area contributed by atoms with Crippen molar-refractivity contribution in [2.45, 2.75) is 46.1 Å². The highest BCUT2D eigenvalue weighted by Crippen LogP contribution is 2.32. The number of thiazole rings is 1. The van der Waals surface area contributed by atoms with Gasteiger partial charge in [-0.25, -0.2) is 4.98 Å². The van der Waals surface area contributed by atoms with Crippen LogP contribution in [0.5, 0.6) is 0 Å². The molecule has 16 heavy (non-hydrogen) atoms. The van der Waals surface area contributed by atoms with Crippen LogP contribution in [0.2, 0.25) is 0 Å². The zero-order valence-corrected chi connectivity index (χ0v) is 10.9. The number of hydrogen-bond acceptors (Lipinski definition) is 4. The van der Waals surface area contributed by atoms with Crippen LogP contribution in [0, 0.1) is 0 Å². The number of anilines is 1. The summed E-state index contributed by atoms with van der Waals surface area (Å²) in [5, 5.41) is 1.01. The number of hydrogen-bond donors (Lipinski definition) is 0. The van der Waals surface area contributed by atoms with E-state index in [0.29, 0.717) is 12.5 Å². The van der Waals surface area contributed by atoms with E-state index in [2.05, 4.69) is 30.7 Å². The van der Waals surface area contributed by atoms with Crippen molar-refractivity contribution in [3.05, 3.63) is 10.6 Å². The second kappa shape index (κ2) is 4.53. The van der Waals surface area contributed by atoms with Crippen molar-refractivity contribution in [3.8, 4) is 0 Å². The average Bonchev–Trinajstić information content (AvgIpc) is 2.63. The minimum absolute atomic E-state index is 0.226. The summed E-state index contributed by atoms with van der Waals surface area (Å²) in [7, 11) is 0. The number of ketones is 1. The van der Waals surface area contributed by atoms with E-state index < -0.39 is 0 Å². The predicted octanol–water partition coefficient (Wildman–Crippen LogP) is 2.90. The summed E-state index contributed by atoms with van der Waals surface area (Å²) in [5.41, 5.74) is 0.741. The number of aromatic nitrogens is 1. The molecule has 0 atom stereocenters. The number of carbonyl (C=O) groups is 1. The van der Waals surface area contributed by atoms with E-state index in [9.17, 15) is 4.79 Å². The van der Waals surface area contributed by atoms with E-state index >= 15 is 0 Å². The molecule has 1 aliphatic rings. The molecule has 0 aromatic carbocycles. The van der Waals surface area contributed by atoms with Gasteiger partial charge in [0.05, 0.1) is 0 Å². The van der Waals surface area contributed by atoms with Gasteiger partial charge in [-0.05, 0) is 33.6 Å². The van der Waals surface area contributed by atoms with E-state index in [1.807, 2.05) is 0 Å². The molecule has 0 saturated heterocycles. The highest BCUT2D eigenvalue weighted by molar-refractivity contribution is 7.16. The summed E-state index contributed by atoms with van der Waals surface area (Å²) in [6, 6.07) is 0.438. The third-order valence-corrected chi connectivity index (χ3v) is 4.12. The Morgan fingerprint density at radius 1 is 1.44 bits per heavy atom. The topological polar surface area (TPSA) is 33.2 Å². The Morgan fingerprint density at radius 3 is 2.75 bits per heavy atom. The van der Waals surface area contributed by atoms with Gasteiger partial charge in [0.15, 0.2) is 10.9 Å². The minimum atomic E-state index is 0.226. The Hall–Kier alpha value is -0.900. The number of carbonyl (C=O) groups excluding carboxylic acids is 1. The van der Waals surface area contributed by atoms with Gasteiger partial charge in [-0.1, -0.05) is 0 Å². The number of nitrogens with zero attached hydrogens (tertiary/aromatic N) is 2. The van der Waals surface area contributed by atoms with Crippen molar-refractivity contribution >= 4 is 22.3 Å². The van der Waals surface area contributed by atoms with E-state index in [1.54, 1.807) is 11.3 Å². The maximum Gasteiger partial charge on any atom is 0.186 e. The van der Waals surface area contributed by atoms with Gasteiger partial charge in [-0.2, -0.15) is 0 Å². The minimum Gasteiger partial charge on any atom is -0.346 e. The summed E-state index contributed by atoms with van der Waals surface area (Å²) in [6.45, 7) is 7.39. The van der Waals surface area contributed by atoms with Crippen molar-refractivity contribution in [1.82, 2.24) is 4.98 Å². The summed E-state index contributed by atoms with van der Waals surface area (Å²) in [4.78, 5) is 19.7. The fourth-order valence-corrected chi connectivity index (χ4v) is 3.42. The first-order valence-electron chi connectivity index (χ1n) is 5.93. The maximum atomic E-state index is 11.7. The lowest BCUT2D eigenvalue weighted by molar-refractivity contribution is 0.0968. The SMILES string of the molecule is CCN(c1nc2c(s1)CCCC2=O)C(C)C. The summed E-state index contributed by atoms with van der Waals surface area (Å²) >= 11 is 1.69. The Balaban J connectivity index is 2.33. The molecule has 4 heteroatoms. The maximum absolute atomic E-state index is 11.7. The second-order valence-corrected chi connectivity index (χ2v) is 5.49. The molecule has 0 aliphatic heterocycles. The van der Waals surface area contributed by atoms with Gasteiger partial charge in [-0.3, -0.25) is 4.79 Å². The van der Waals surface area contributed by atoms with Crippen molar-refractivity contribution in [3.63, 3.8) is 0 Å². The first-order chi connectivity index (χ1) is 7.63. The molecule has 0 spiro atoms. The molecule has 0 amide bonds. The Labute approximate surface area is 100 Å². The highest BCUT2D eigenvalue weighted by atomic mass is 32.1. The second-order valence-electron chi connectivity index (χ2n) is 4.42. The molecule has 88 valence electrons. The Bertz CT molecular complexity index is 398.